The van der Waals surface area contributed by atoms with Crippen LogP contribution in [0.2, 0.25) is 0 Å². The molecule has 1 aliphatic carbocycles. The van der Waals surface area contributed by atoms with Crippen LogP contribution in [-0.4, -0.2) is 13.4 Å². The largest absolute Gasteiger partial charge is 0.396 e. The third-order valence-corrected chi connectivity index (χ3v) is 7.68. The number of anilines is 1. The first-order valence-electron chi connectivity index (χ1n) is 7.58. The number of fused-ring (bicyclic) bond motifs is 2. The first-order chi connectivity index (χ1) is 11.1. The van der Waals surface area contributed by atoms with E-state index in [1.165, 1.54) is 16.9 Å². The molecule has 0 radical (unpaired) electrons. The Morgan fingerprint density at radius 1 is 1.09 bits per heavy atom. The second-order valence-electron chi connectivity index (χ2n) is 5.77. The predicted octanol–water partition coefficient (Wildman–Crippen LogP) is 3.59. The van der Waals surface area contributed by atoms with E-state index in [0.29, 0.717) is 5.69 Å². The van der Waals surface area contributed by atoms with E-state index < -0.39 is 9.84 Å². The molecule has 2 heterocycles. The SMILES string of the molecule is Nc1c(S(=O)(=O)c2ccccc2)sc2nc3c(cc12)CCCC3. The number of aryl methyl sites for hydroxylation is 2. The van der Waals surface area contributed by atoms with Crippen LogP contribution in [-0.2, 0) is 22.7 Å². The molecule has 2 N–H and O–H groups in total. The standard InChI is InChI=1S/C17H16N2O2S2/c18-15-13-10-11-6-4-5-9-14(11)19-16(13)22-17(15)23(20,21)12-7-2-1-3-8-12/h1-3,7-8,10H,4-6,9,18H2. The molecule has 0 fully saturated rings. The Morgan fingerprint density at radius 3 is 2.61 bits per heavy atom. The van der Waals surface area contributed by atoms with Crippen LogP contribution in [0.15, 0.2) is 45.5 Å². The van der Waals surface area contributed by atoms with Gasteiger partial charge >= 0.3 is 0 Å². The number of thiophene rings is 1. The van der Waals surface area contributed by atoms with E-state index in [1.54, 1.807) is 30.3 Å². The van der Waals surface area contributed by atoms with Crippen LogP contribution in [0.4, 0.5) is 5.69 Å². The molecular weight excluding hydrogens is 328 g/mol. The van der Waals surface area contributed by atoms with E-state index >= 15 is 0 Å². The van der Waals surface area contributed by atoms with Crippen LogP contribution < -0.4 is 5.73 Å². The highest BCUT2D eigenvalue weighted by Crippen LogP contribution is 2.40. The molecule has 0 spiro atoms. The lowest BCUT2D eigenvalue weighted by molar-refractivity contribution is 0.598. The molecule has 1 aliphatic rings. The van der Waals surface area contributed by atoms with E-state index in [0.717, 1.165) is 41.6 Å². The Balaban J connectivity index is 1.93. The fraction of sp³-hybridized carbons (Fsp3) is 0.235. The zero-order valence-corrected chi connectivity index (χ0v) is 14.1. The van der Waals surface area contributed by atoms with Crippen molar-refractivity contribution in [3.8, 4) is 0 Å². The summed E-state index contributed by atoms with van der Waals surface area (Å²) in [4.78, 5) is 5.67. The minimum absolute atomic E-state index is 0.202. The zero-order valence-electron chi connectivity index (χ0n) is 12.5. The van der Waals surface area contributed by atoms with Gasteiger partial charge in [-0.3, -0.25) is 0 Å². The number of nitrogens with two attached hydrogens (primary N) is 1. The van der Waals surface area contributed by atoms with Crippen LogP contribution in [0, 0.1) is 0 Å². The third-order valence-electron chi connectivity index (χ3n) is 4.26. The first kappa shape index (κ1) is 14.7. The molecule has 23 heavy (non-hydrogen) atoms. The highest BCUT2D eigenvalue weighted by Gasteiger charge is 2.26. The van der Waals surface area contributed by atoms with Gasteiger partial charge in [-0.25, -0.2) is 13.4 Å². The van der Waals surface area contributed by atoms with Crippen LogP contribution in [0.25, 0.3) is 10.2 Å². The topological polar surface area (TPSA) is 73.1 Å². The second kappa shape index (κ2) is 5.32. The average molecular weight is 344 g/mol. The lowest BCUT2D eigenvalue weighted by Crippen LogP contribution is -2.05. The van der Waals surface area contributed by atoms with Crippen LogP contribution >= 0.6 is 11.3 Å². The summed E-state index contributed by atoms with van der Waals surface area (Å²) < 4.78 is 25.9. The molecule has 0 saturated carbocycles. The molecule has 0 saturated heterocycles. The van der Waals surface area contributed by atoms with Gasteiger partial charge in [-0.15, -0.1) is 11.3 Å². The van der Waals surface area contributed by atoms with E-state index in [4.69, 9.17) is 5.73 Å². The maximum absolute atomic E-state index is 12.8. The van der Waals surface area contributed by atoms with Gasteiger partial charge in [0.1, 0.15) is 9.04 Å². The Labute approximate surface area is 138 Å². The summed E-state index contributed by atoms with van der Waals surface area (Å²) in [5.74, 6) is 0. The second-order valence-corrected chi connectivity index (χ2v) is 8.92. The molecule has 0 amide bonds. The van der Waals surface area contributed by atoms with Crippen molar-refractivity contribution >= 4 is 37.1 Å². The van der Waals surface area contributed by atoms with Crippen molar-refractivity contribution < 1.29 is 8.42 Å². The maximum atomic E-state index is 12.8. The fourth-order valence-corrected chi connectivity index (χ4v) is 5.97. The molecule has 3 aromatic rings. The van der Waals surface area contributed by atoms with Crippen molar-refractivity contribution in [3.63, 3.8) is 0 Å². The van der Waals surface area contributed by atoms with Gasteiger partial charge in [-0.1, -0.05) is 18.2 Å². The molecular formula is C17H16N2O2S2. The molecule has 0 atom stereocenters. The van der Waals surface area contributed by atoms with Crippen molar-refractivity contribution in [3.05, 3.63) is 47.7 Å². The highest BCUT2D eigenvalue weighted by molar-refractivity contribution is 7.93. The van der Waals surface area contributed by atoms with Crippen molar-refractivity contribution in [2.24, 2.45) is 0 Å². The Morgan fingerprint density at radius 2 is 1.83 bits per heavy atom. The molecule has 0 unspecified atom stereocenters. The number of pyridine rings is 1. The summed E-state index contributed by atoms with van der Waals surface area (Å²) >= 11 is 1.17. The minimum Gasteiger partial charge on any atom is -0.396 e. The smallest absolute Gasteiger partial charge is 0.218 e. The van der Waals surface area contributed by atoms with Gasteiger partial charge in [0.25, 0.3) is 0 Å². The number of rotatable bonds is 2. The van der Waals surface area contributed by atoms with Gasteiger partial charge in [0.05, 0.1) is 10.6 Å². The van der Waals surface area contributed by atoms with Gasteiger partial charge in [0.15, 0.2) is 0 Å². The van der Waals surface area contributed by atoms with Gasteiger partial charge < -0.3 is 5.73 Å². The summed E-state index contributed by atoms with van der Waals surface area (Å²) in [7, 11) is -3.60. The molecule has 1 aromatic carbocycles. The first-order valence-corrected chi connectivity index (χ1v) is 9.88. The molecule has 118 valence electrons. The highest BCUT2D eigenvalue weighted by atomic mass is 32.2. The summed E-state index contributed by atoms with van der Waals surface area (Å²) in [5, 5.41) is 0.769. The molecule has 4 nitrogen and oxygen atoms in total. The van der Waals surface area contributed by atoms with Crippen LogP contribution in [0.1, 0.15) is 24.1 Å². The lowest BCUT2D eigenvalue weighted by Gasteiger charge is -2.14. The Bertz CT molecular complexity index is 992. The third kappa shape index (κ3) is 2.33. The summed E-state index contributed by atoms with van der Waals surface area (Å²) in [6, 6.07) is 10.4. The molecule has 4 rings (SSSR count). The maximum Gasteiger partial charge on any atom is 0.218 e. The van der Waals surface area contributed by atoms with E-state index in [1.807, 2.05) is 6.07 Å². The quantitative estimate of drug-likeness (QED) is 0.771. The van der Waals surface area contributed by atoms with E-state index in [9.17, 15) is 8.42 Å². The summed E-state index contributed by atoms with van der Waals surface area (Å²) in [6.07, 6.45) is 4.25. The van der Waals surface area contributed by atoms with E-state index in [2.05, 4.69) is 4.98 Å². The monoisotopic (exact) mass is 344 g/mol. The number of nitrogen functional groups attached to an aromatic ring is 1. The number of nitrogens with zero attached hydrogens (tertiary/aromatic N) is 1. The van der Waals surface area contributed by atoms with Gasteiger partial charge in [0, 0.05) is 11.1 Å². The van der Waals surface area contributed by atoms with Crippen molar-refractivity contribution in [2.45, 2.75) is 34.8 Å². The minimum atomic E-state index is -3.60. The van der Waals surface area contributed by atoms with Crippen molar-refractivity contribution in [1.82, 2.24) is 4.98 Å². The Hall–Kier alpha value is -1.92. The van der Waals surface area contributed by atoms with Gasteiger partial charge in [-0.2, -0.15) is 0 Å². The molecule has 2 aromatic heterocycles. The number of hydrogen-bond acceptors (Lipinski definition) is 5. The predicted molar refractivity (Wildman–Crippen MR) is 92.6 cm³/mol. The zero-order chi connectivity index (χ0) is 16.0. The Kier molecular flexibility index (Phi) is 3.39. The summed E-state index contributed by atoms with van der Waals surface area (Å²) in [6.45, 7) is 0. The average Bonchev–Trinajstić information content (AvgIpc) is 2.91. The number of benzene rings is 1. The van der Waals surface area contributed by atoms with Gasteiger partial charge in [0.2, 0.25) is 9.84 Å². The van der Waals surface area contributed by atoms with Crippen LogP contribution in [0.5, 0.6) is 0 Å². The molecule has 0 bridgehead atoms. The van der Waals surface area contributed by atoms with Crippen molar-refractivity contribution in [1.29, 1.82) is 0 Å². The van der Waals surface area contributed by atoms with E-state index in [-0.39, 0.29) is 9.10 Å². The molecule has 6 heteroatoms. The normalized spacial score (nSPS) is 14.8. The molecule has 0 aliphatic heterocycles. The number of hydrogen-bond donors (Lipinski definition) is 1. The van der Waals surface area contributed by atoms with Crippen molar-refractivity contribution in [2.75, 3.05) is 5.73 Å². The lowest BCUT2D eigenvalue weighted by atomic mass is 9.95. The van der Waals surface area contributed by atoms with Gasteiger partial charge in [-0.05, 0) is 49.4 Å². The number of aromatic nitrogens is 1. The van der Waals surface area contributed by atoms with Crippen LogP contribution in [0.3, 0.4) is 0 Å². The number of sulfone groups is 1. The fourth-order valence-electron chi connectivity index (χ4n) is 3.04. The summed E-state index contributed by atoms with van der Waals surface area (Å²) in [5.41, 5.74) is 8.81.